The second kappa shape index (κ2) is 6.25. The summed E-state index contributed by atoms with van der Waals surface area (Å²) < 4.78 is 1.06. The van der Waals surface area contributed by atoms with Crippen LogP contribution in [-0.2, 0) is 11.2 Å². The molecule has 18 heavy (non-hydrogen) atoms. The van der Waals surface area contributed by atoms with Crippen molar-refractivity contribution in [2.75, 3.05) is 0 Å². The molecule has 1 aromatic heterocycles. The average molecular weight is 324 g/mol. The molecule has 0 saturated heterocycles. The fourth-order valence-electron chi connectivity index (χ4n) is 1.69. The lowest BCUT2D eigenvalue weighted by Gasteiger charge is -1.97. The second-order valence-corrected chi connectivity index (χ2v) is 6.05. The van der Waals surface area contributed by atoms with Crippen LogP contribution in [0.4, 0.5) is 0 Å². The van der Waals surface area contributed by atoms with Crippen LogP contribution < -0.4 is 0 Å². The molecule has 0 bridgehead atoms. The van der Waals surface area contributed by atoms with Crippen LogP contribution in [0.3, 0.4) is 0 Å². The summed E-state index contributed by atoms with van der Waals surface area (Å²) in [5, 5.41) is 3.18. The number of hydrogen-bond donors (Lipinski definition) is 0. The molecule has 2 rings (SSSR count). The Labute approximate surface area is 119 Å². The van der Waals surface area contributed by atoms with E-state index < -0.39 is 0 Å². The minimum atomic E-state index is 0.249. The van der Waals surface area contributed by atoms with Crippen molar-refractivity contribution in [3.8, 4) is 11.3 Å². The Bertz CT molecular complexity index is 550. The van der Waals surface area contributed by atoms with E-state index >= 15 is 0 Å². The van der Waals surface area contributed by atoms with E-state index in [2.05, 4.69) is 38.4 Å². The van der Waals surface area contributed by atoms with Gasteiger partial charge in [-0.05, 0) is 31.9 Å². The third-order valence-corrected chi connectivity index (χ3v) is 3.99. The largest absolute Gasteiger partial charge is 0.300 e. The van der Waals surface area contributed by atoms with Gasteiger partial charge < -0.3 is 4.79 Å². The van der Waals surface area contributed by atoms with Gasteiger partial charge in [0.25, 0.3) is 0 Å². The van der Waals surface area contributed by atoms with E-state index in [1.54, 1.807) is 18.3 Å². The Kier molecular flexibility index (Phi) is 4.66. The van der Waals surface area contributed by atoms with Crippen LogP contribution in [0.15, 0.2) is 34.1 Å². The van der Waals surface area contributed by atoms with Crippen LogP contribution in [0, 0.1) is 0 Å². The maximum absolute atomic E-state index is 10.9. The zero-order chi connectivity index (χ0) is 13.0. The fraction of sp³-hybridized carbons (Fsp3) is 0.286. The van der Waals surface area contributed by atoms with Crippen LogP contribution in [0.2, 0.25) is 0 Å². The molecule has 94 valence electrons. The van der Waals surface area contributed by atoms with Gasteiger partial charge in [-0.1, -0.05) is 28.1 Å². The van der Waals surface area contributed by atoms with Crippen molar-refractivity contribution < 1.29 is 4.79 Å². The quantitative estimate of drug-likeness (QED) is 0.811. The molecule has 0 spiro atoms. The van der Waals surface area contributed by atoms with Crippen molar-refractivity contribution in [2.45, 2.75) is 26.2 Å². The number of halogens is 1. The summed E-state index contributed by atoms with van der Waals surface area (Å²) in [5.74, 6) is 0.249. The molecular weight excluding hydrogens is 310 g/mol. The van der Waals surface area contributed by atoms with Gasteiger partial charge in [-0.15, -0.1) is 11.3 Å². The van der Waals surface area contributed by atoms with E-state index in [9.17, 15) is 4.79 Å². The SMILES string of the molecule is CC(=O)CCCc1nc(-c2cccc(Br)c2)cs1. The Hall–Kier alpha value is -1.000. The molecule has 2 aromatic rings. The van der Waals surface area contributed by atoms with Gasteiger partial charge in [0.15, 0.2) is 0 Å². The number of thiazole rings is 1. The molecule has 0 aliphatic carbocycles. The van der Waals surface area contributed by atoms with Crippen molar-refractivity contribution in [1.29, 1.82) is 0 Å². The number of aromatic nitrogens is 1. The predicted octanol–water partition coefficient (Wildman–Crippen LogP) is 4.48. The number of nitrogens with zero attached hydrogens (tertiary/aromatic N) is 1. The van der Waals surface area contributed by atoms with Crippen molar-refractivity contribution in [1.82, 2.24) is 4.98 Å². The lowest BCUT2D eigenvalue weighted by atomic mass is 10.2. The van der Waals surface area contributed by atoms with Gasteiger partial charge in [-0.25, -0.2) is 4.98 Å². The number of rotatable bonds is 5. The normalized spacial score (nSPS) is 10.6. The highest BCUT2D eigenvalue weighted by Gasteiger charge is 2.05. The summed E-state index contributed by atoms with van der Waals surface area (Å²) in [6, 6.07) is 8.13. The molecule has 0 aliphatic rings. The summed E-state index contributed by atoms with van der Waals surface area (Å²) in [6.45, 7) is 1.63. The molecule has 1 aromatic carbocycles. The molecule has 0 saturated carbocycles. The number of aryl methyl sites for hydroxylation is 1. The van der Waals surface area contributed by atoms with Crippen LogP contribution in [-0.4, -0.2) is 10.8 Å². The first-order valence-electron chi connectivity index (χ1n) is 5.85. The predicted molar refractivity (Wildman–Crippen MR) is 78.9 cm³/mol. The number of benzene rings is 1. The summed E-state index contributed by atoms with van der Waals surface area (Å²) in [6.07, 6.45) is 2.42. The van der Waals surface area contributed by atoms with E-state index in [1.807, 2.05) is 12.1 Å². The highest BCUT2D eigenvalue weighted by molar-refractivity contribution is 9.10. The Balaban J connectivity index is 2.04. The van der Waals surface area contributed by atoms with Crippen molar-refractivity contribution in [3.63, 3.8) is 0 Å². The summed E-state index contributed by atoms with van der Waals surface area (Å²) in [5.41, 5.74) is 2.14. The first-order chi connectivity index (χ1) is 8.65. The third kappa shape index (κ3) is 3.75. The molecule has 1 heterocycles. The second-order valence-electron chi connectivity index (χ2n) is 4.19. The summed E-state index contributed by atoms with van der Waals surface area (Å²) in [4.78, 5) is 15.5. The highest BCUT2D eigenvalue weighted by Crippen LogP contribution is 2.25. The Morgan fingerprint density at radius 3 is 3.00 bits per heavy atom. The van der Waals surface area contributed by atoms with Crippen molar-refractivity contribution in [2.24, 2.45) is 0 Å². The fourth-order valence-corrected chi connectivity index (χ4v) is 2.94. The maximum atomic E-state index is 10.9. The molecule has 4 heteroatoms. The van der Waals surface area contributed by atoms with Gasteiger partial charge in [0, 0.05) is 21.8 Å². The molecule has 0 fully saturated rings. The van der Waals surface area contributed by atoms with Gasteiger partial charge in [-0.3, -0.25) is 0 Å². The average Bonchev–Trinajstić information content (AvgIpc) is 2.77. The van der Waals surface area contributed by atoms with Gasteiger partial charge in [0.05, 0.1) is 10.7 Å². The van der Waals surface area contributed by atoms with Gasteiger partial charge in [0.2, 0.25) is 0 Å². The monoisotopic (exact) mass is 323 g/mol. The van der Waals surface area contributed by atoms with Crippen LogP contribution in [0.1, 0.15) is 24.8 Å². The van der Waals surface area contributed by atoms with E-state index in [4.69, 9.17) is 0 Å². The van der Waals surface area contributed by atoms with E-state index in [1.165, 1.54) is 0 Å². The number of hydrogen-bond acceptors (Lipinski definition) is 3. The van der Waals surface area contributed by atoms with Gasteiger partial charge in [-0.2, -0.15) is 0 Å². The molecule has 0 radical (unpaired) electrons. The number of ketones is 1. The zero-order valence-corrected chi connectivity index (χ0v) is 12.6. The standard InChI is InChI=1S/C14H14BrNOS/c1-10(17)4-2-7-14-16-13(9-18-14)11-5-3-6-12(15)8-11/h3,5-6,8-9H,2,4,7H2,1H3. The van der Waals surface area contributed by atoms with Crippen LogP contribution >= 0.6 is 27.3 Å². The van der Waals surface area contributed by atoms with Crippen molar-refractivity contribution >= 4 is 33.0 Å². The van der Waals surface area contributed by atoms with Crippen molar-refractivity contribution in [3.05, 3.63) is 39.1 Å². The van der Waals surface area contributed by atoms with E-state index in [-0.39, 0.29) is 5.78 Å². The number of carbonyl (C=O) groups is 1. The van der Waals surface area contributed by atoms with Crippen LogP contribution in [0.25, 0.3) is 11.3 Å². The Morgan fingerprint density at radius 2 is 2.28 bits per heavy atom. The molecule has 0 aliphatic heterocycles. The third-order valence-electron chi connectivity index (χ3n) is 2.59. The number of Topliss-reactive ketones (excluding diaryl/α,β-unsaturated/α-hetero) is 1. The lowest BCUT2D eigenvalue weighted by molar-refractivity contribution is -0.117. The Morgan fingerprint density at radius 1 is 1.44 bits per heavy atom. The molecule has 0 atom stereocenters. The smallest absolute Gasteiger partial charge is 0.129 e. The molecular formula is C14H14BrNOS. The maximum Gasteiger partial charge on any atom is 0.129 e. The minimum absolute atomic E-state index is 0.249. The zero-order valence-electron chi connectivity index (χ0n) is 10.1. The molecule has 0 N–H and O–H groups in total. The first-order valence-corrected chi connectivity index (χ1v) is 7.52. The van der Waals surface area contributed by atoms with E-state index in [0.717, 1.165) is 33.6 Å². The van der Waals surface area contributed by atoms with Gasteiger partial charge in [0.1, 0.15) is 5.78 Å². The summed E-state index contributed by atoms with van der Waals surface area (Å²) >= 11 is 5.13. The first kappa shape index (κ1) is 13.4. The summed E-state index contributed by atoms with van der Waals surface area (Å²) in [7, 11) is 0. The molecule has 0 unspecified atom stereocenters. The van der Waals surface area contributed by atoms with E-state index in [0.29, 0.717) is 6.42 Å². The highest BCUT2D eigenvalue weighted by atomic mass is 79.9. The lowest BCUT2D eigenvalue weighted by Crippen LogP contribution is -1.92. The number of carbonyl (C=O) groups excluding carboxylic acids is 1. The minimum Gasteiger partial charge on any atom is -0.300 e. The van der Waals surface area contributed by atoms with Crippen LogP contribution in [0.5, 0.6) is 0 Å². The van der Waals surface area contributed by atoms with Gasteiger partial charge >= 0.3 is 0 Å². The molecule has 2 nitrogen and oxygen atoms in total. The molecule has 0 amide bonds. The topological polar surface area (TPSA) is 30.0 Å².